The lowest BCUT2D eigenvalue weighted by Crippen LogP contribution is -2.15. The molecule has 1 rings (SSSR count). The van der Waals surface area contributed by atoms with E-state index < -0.39 is 5.97 Å². The number of aliphatic carboxylic acids is 1. The third kappa shape index (κ3) is 4.12. The zero-order valence-electron chi connectivity index (χ0n) is 9.30. The van der Waals surface area contributed by atoms with Crippen LogP contribution in [0.2, 0.25) is 0 Å². The molecule has 0 aliphatic heterocycles. The van der Waals surface area contributed by atoms with Crippen LogP contribution >= 0.6 is 0 Å². The van der Waals surface area contributed by atoms with E-state index in [1.54, 1.807) is 6.20 Å². The van der Waals surface area contributed by atoms with Gasteiger partial charge in [-0.25, -0.2) is 0 Å². The topological polar surface area (TPSA) is 84.3 Å². The van der Waals surface area contributed by atoms with Gasteiger partial charge in [0.1, 0.15) is 5.82 Å². The molecule has 16 heavy (non-hydrogen) atoms. The number of hydrogen-bond donors (Lipinski definition) is 2. The van der Waals surface area contributed by atoms with Crippen molar-refractivity contribution in [3.8, 4) is 5.88 Å². The summed E-state index contributed by atoms with van der Waals surface area (Å²) in [7, 11) is 1.51. The Hall–Kier alpha value is -1.85. The van der Waals surface area contributed by atoms with Gasteiger partial charge in [-0.1, -0.05) is 6.92 Å². The summed E-state index contributed by atoms with van der Waals surface area (Å²) in [5.41, 5.74) is 0. The third-order valence-corrected chi connectivity index (χ3v) is 1.98. The summed E-state index contributed by atoms with van der Waals surface area (Å²) in [6, 6.07) is 0. The Morgan fingerprint density at radius 1 is 1.62 bits per heavy atom. The molecule has 2 N–H and O–H groups in total. The molecule has 0 saturated carbocycles. The maximum absolute atomic E-state index is 10.4. The van der Waals surface area contributed by atoms with E-state index in [0.29, 0.717) is 18.2 Å². The summed E-state index contributed by atoms with van der Waals surface area (Å²) in [5.74, 6) is 0.240. The van der Waals surface area contributed by atoms with Gasteiger partial charge in [-0.3, -0.25) is 9.78 Å². The lowest BCUT2D eigenvalue weighted by atomic mass is 10.1. The molecule has 0 aromatic carbocycles. The smallest absolute Gasteiger partial charge is 0.303 e. The molecule has 1 unspecified atom stereocenters. The van der Waals surface area contributed by atoms with Crippen molar-refractivity contribution in [2.45, 2.75) is 13.3 Å². The van der Waals surface area contributed by atoms with E-state index in [1.165, 1.54) is 13.3 Å². The summed E-state index contributed by atoms with van der Waals surface area (Å²) in [5, 5.41) is 11.6. The molecule has 0 radical (unpaired) electrons. The summed E-state index contributed by atoms with van der Waals surface area (Å²) < 4.78 is 4.92. The Balaban J connectivity index is 2.44. The van der Waals surface area contributed by atoms with E-state index in [2.05, 4.69) is 15.3 Å². The van der Waals surface area contributed by atoms with Crippen molar-refractivity contribution in [2.75, 3.05) is 19.0 Å². The Kier molecular flexibility index (Phi) is 4.50. The van der Waals surface area contributed by atoms with Gasteiger partial charge < -0.3 is 15.2 Å². The van der Waals surface area contributed by atoms with E-state index in [4.69, 9.17) is 9.84 Å². The number of carbonyl (C=O) groups is 1. The molecule has 1 aromatic heterocycles. The number of carboxylic acids is 1. The van der Waals surface area contributed by atoms with Crippen LogP contribution in [-0.4, -0.2) is 34.7 Å². The van der Waals surface area contributed by atoms with E-state index in [1.807, 2.05) is 6.92 Å². The molecule has 0 aliphatic carbocycles. The van der Waals surface area contributed by atoms with Gasteiger partial charge in [-0.15, -0.1) is 0 Å². The van der Waals surface area contributed by atoms with Crippen LogP contribution in [0.1, 0.15) is 13.3 Å². The molecule has 0 aliphatic rings. The number of methoxy groups -OCH3 is 1. The van der Waals surface area contributed by atoms with Crippen LogP contribution in [-0.2, 0) is 4.79 Å². The molecule has 0 fully saturated rings. The first kappa shape index (κ1) is 12.2. The summed E-state index contributed by atoms with van der Waals surface area (Å²) in [6.07, 6.45) is 3.20. The normalized spacial score (nSPS) is 11.9. The van der Waals surface area contributed by atoms with Crippen molar-refractivity contribution in [3.05, 3.63) is 12.4 Å². The van der Waals surface area contributed by atoms with Crippen molar-refractivity contribution < 1.29 is 14.6 Å². The van der Waals surface area contributed by atoms with Crippen molar-refractivity contribution in [2.24, 2.45) is 5.92 Å². The van der Waals surface area contributed by atoms with Gasteiger partial charge in [0, 0.05) is 13.0 Å². The number of hydrogen-bond acceptors (Lipinski definition) is 5. The molecule has 1 aromatic rings. The quantitative estimate of drug-likeness (QED) is 0.751. The highest BCUT2D eigenvalue weighted by Crippen LogP contribution is 2.09. The second-order valence-corrected chi connectivity index (χ2v) is 3.53. The molecule has 1 heterocycles. The highest BCUT2D eigenvalue weighted by Gasteiger charge is 2.07. The van der Waals surface area contributed by atoms with Gasteiger partial charge in [0.15, 0.2) is 0 Å². The van der Waals surface area contributed by atoms with Crippen molar-refractivity contribution in [3.63, 3.8) is 0 Å². The Morgan fingerprint density at radius 3 is 3.00 bits per heavy atom. The number of nitrogens with zero attached hydrogens (tertiary/aromatic N) is 2. The first-order valence-electron chi connectivity index (χ1n) is 4.93. The van der Waals surface area contributed by atoms with E-state index in [0.717, 1.165) is 0 Å². The molecule has 0 bridgehead atoms. The van der Waals surface area contributed by atoms with Crippen molar-refractivity contribution in [1.29, 1.82) is 0 Å². The van der Waals surface area contributed by atoms with E-state index in [-0.39, 0.29) is 12.3 Å². The Bertz CT molecular complexity index is 357. The Labute approximate surface area is 93.7 Å². The van der Waals surface area contributed by atoms with Crippen LogP contribution < -0.4 is 10.1 Å². The van der Waals surface area contributed by atoms with Crippen LogP contribution in [0.4, 0.5) is 5.82 Å². The maximum atomic E-state index is 10.4. The van der Waals surface area contributed by atoms with Crippen molar-refractivity contribution in [1.82, 2.24) is 9.97 Å². The highest BCUT2D eigenvalue weighted by atomic mass is 16.5. The molecule has 88 valence electrons. The first-order valence-corrected chi connectivity index (χ1v) is 4.93. The monoisotopic (exact) mass is 225 g/mol. The van der Waals surface area contributed by atoms with Crippen molar-refractivity contribution >= 4 is 11.8 Å². The molecule has 1 atom stereocenters. The first-order chi connectivity index (χ1) is 7.61. The second-order valence-electron chi connectivity index (χ2n) is 3.53. The zero-order chi connectivity index (χ0) is 12.0. The van der Waals surface area contributed by atoms with Crippen LogP contribution in [0.15, 0.2) is 12.4 Å². The summed E-state index contributed by atoms with van der Waals surface area (Å²) in [4.78, 5) is 18.5. The van der Waals surface area contributed by atoms with Gasteiger partial charge in [0.05, 0.1) is 19.5 Å². The average Bonchev–Trinajstić information content (AvgIpc) is 2.26. The maximum Gasteiger partial charge on any atom is 0.303 e. The standard InChI is InChI=1S/C10H15N3O3/c1-7(3-10(14)15)4-12-8-5-11-6-9(13-8)16-2/h5-7H,3-4H2,1-2H3,(H,12,13)(H,14,15). The number of aromatic nitrogens is 2. The summed E-state index contributed by atoms with van der Waals surface area (Å²) >= 11 is 0. The average molecular weight is 225 g/mol. The number of anilines is 1. The zero-order valence-corrected chi connectivity index (χ0v) is 9.30. The van der Waals surface area contributed by atoms with Gasteiger partial charge in [0.2, 0.25) is 5.88 Å². The number of rotatable bonds is 6. The highest BCUT2D eigenvalue weighted by molar-refractivity contribution is 5.67. The summed E-state index contributed by atoms with van der Waals surface area (Å²) in [6.45, 7) is 2.39. The minimum Gasteiger partial charge on any atom is -0.481 e. The van der Waals surface area contributed by atoms with E-state index >= 15 is 0 Å². The minimum atomic E-state index is -0.800. The second kappa shape index (κ2) is 5.89. The fraction of sp³-hybridized carbons (Fsp3) is 0.500. The van der Waals surface area contributed by atoms with Crippen LogP contribution in [0.5, 0.6) is 5.88 Å². The van der Waals surface area contributed by atoms with Gasteiger partial charge in [-0.2, -0.15) is 4.98 Å². The molecule has 0 spiro atoms. The molecule has 0 saturated heterocycles. The predicted octanol–water partition coefficient (Wildman–Crippen LogP) is 1.01. The molecule has 6 nitrogen and oxygen atoms in total. The van der Waals surface area contributed by atoms with Crippen LogP contribution in [0.3, 0.4) is 0 Å². The van der Waals surface area contributed by atoms with Crippen LogP contribution in [0.25, 0.3) is 0 Å². The van der Waals surface area contributed by atoms with Gasteiger partial charge in [-0.05, 0) is 5.92 Å². The largest absolute Gasteiger partial charge is 0.481 e. The molecular formula is C10H15N3O3. The third-order valence-electron chi connectivity index (χ3n) is 1.98. The molecular weight excluding hydrogens is 210 g/mol. The molecule has 0 amide bonds. The number of carboxylic acid groups (broad SMARTS) is 1. The lowest BCUT2D eigenvalue weighted by molar-refractivity contribution is -0.137. The van der Waals surface area contributed by atoms with Gasteiger partial charge >= 0.3 is 5.97 Å². The lowest BCUT2D eigenvalue weighted by Gasteiger charge is -2.10. The molecule has 6 heteroatoms. The number of nitrogens with one attached hydrogen (secondary N) is 1. The predicted molar refractivity (Wildman–Crippen MR) is 58.5 cm³/mol. The van der Waals surface area contributed by atoms with Gasteiger partial charge in [0.25, 0.3) is 0 Å². The Morgan fingerprint density at radius 2 is 2.38 bits per heavy atom. The fourth-order valence-corrected chi connectivity index (χ4v) is 1.18. The SMILES string of the molecule is COc1cncc(NCC(C)CC(=O)O)n1. The number of ether oxygens (including phenoxy) is 1. The van der Waals surface area contributed by atoms with Crippen LogP contribution in [0, 0.1) is 5.92 Å². The van der Waals surface area contributed by atoms with E-state index in [9.17, 15) is 4.79 Å². The fourth-order valence-electron chi connectivity index (χ4n) is 1.18. The minimum absolute atomic E-state index is 0.0329.